The Hall–Kier alpha value is -1.72. The van der Waals surface area contributed by atoms with Crippen LogP contribution in [0.1, 0.15) is 15.9 Å². The van der Waals surface area contributed by atoms with Crippen molar-refractivity contribution in [3.63, 3.8) is 0 Å². The first-order valence-corrected chi connectivity index (χ1v) is 8.43. The van der Waals surface area contributed by atoms with Crippen molar-refractivity contribution in [2.24, 2.45) is 0 Å². The number of halogens is 2. The average molecular weight is 377 g/mol. The zero-order valence-electron chi connectivity index (χ0n) is 12.7. The van der Waals surface area contributed by atoms with E-state index in [1.807, 2.05) is 17.0 Å². The molecule has 1 saturated heterocycles. The number of piperazine rings is 1. The molecule has 0 bridgehead atoms. The van der Waals surface area contributed by atoms with Crippen LogP contribution in [0.5, 0.6) is 0 Å². The Labute approximate surface area is 143 Å². The van der Waals surface area contributed by atoms with E-state index in [4.69, 9.17) is 0 Å². The lowest BCUT2D eigenvalue weighted by Crippen LogP contribution is -2.48. The van der Waals surface area contributed by atoms with Gasteiger partial charge in [-0.25, -0.2) is 4.39 Å². The van der Waals surface area contributed by atoms with Crippen molar-refractivity contribution in [3.8, 4) is 0 Å². The van der Waals surface area contributed by atoms with Crippen LogP contribution >= 0.6 is 15.9 Å². The molecule has 0 unspecified atom stereocenters. The van der Waals surface area contributed by atoms with Crippen LogP contribution in [0.2, 0.25) is 0 Å². The summed E-state index contributed by atoms with van der Waals surface area (Å²) in [5.74, 6) is -0.339. The van der Waals surface area contributed by atoms with Gasteiger partial charge in [-0.15, -0.1) is 0 Å². The quantitative estimate of drug-likeness (QED) is 0.817. The van der Waals surface area contributed by atoms with Gasteiger partial charge in [-0.05, 0) is 42.0 Å². The molecule has 3 rings (SSSR count). The molecule has 1 heterocycles. The fourth-order valence-corrected chi connectivity index (χ4v) is 3.00. The maximum absolute atomic E-state index is 12.9. The number of hydrogen-bond donors (Lipinski definition) is 0. The van der Waals surface area contributed by atoms with Crippen molar-refractivity contribution in [2.45, 2.75) is 6.54 Å². The molecule has 23 heavy (non-hydrogen) atoms. The van der Waals surface area contributed by atoms with Gasteiger partial charge in [-0.1, -0.05) is 28.1 Å². The summed E-state index contributed by atoms with van der Waals surface area (Å²) in [7, 11) is 0. The highest BCUT2D eigenvalue weighted by atomic mass is 79.9. The SMILES string of the molecule is O=C(c1ccc(F)cc1)N1CCN(Cc2ccc(Br)cc2)CC1. The molecule has 0 radical (unpaired) electrons. The van der Waals surface area contributed by atoms with E-state index in [9.17, 15) is 9.18 Å². The fourth-order valence-electron chi connectivity index (χ4n) is 2.73. The van der Waals surface area contributed by atoms with E-state index in [1.54, 1.807) is 12.1 Å². The second-order valence-corrected chi connectivity index (χ2v) is 6.62. The summed E-state index contributed by atoms with van der Waals surface area (Å²) < 4.78 is 14.0. The van der Waals surface area contributed by atoms with Gasteiger partial charge in [0.25, 0.3) is 5.91 Å². The molecular weight excluding hydrogens is 359 g/mol. The zero-order valence-corrected chi connectivity index (χ0v) is 14.3. The predicted molar refractivity (Wildman–Crippen MR) is 91.7 cm³/mol. The summed E-state index contributed by atoms with van der Waals surface area (Å²) in [6.07, 6.45) is 0. The normalized spacial score (nSPS) is 15.7. The van der Waals surface area contributed by atoms with Gasteiger partial charge in [0.05, 0.1) is 0 Å². The lowest BCUT2D eigenvalue weighted by molar-refractivity contribution is 0.0628. The molecule has 5 heteroatoms. The lowest BCUT2D eigenvalue weighted by Gasteiger charge is -2.34. The molecule has 0 atom stereocenters. The van der Waals surface area contributed by atoms with Gasteiger partial charge in [0.15, 0.2) is 0 Å². The predicted octanol–water partition coefficient (Wildman–Crippen LogP) is 3.55. The molecule has 0 aliphatic carbocycles. The number of rotatable bonds is 3. The standard InChI is InChI=1S/C18H18BrFN2O/c19-16-5-1-14(2-6-16)13-21-9-11-22(12-10-21)18(23)15-3-7-17(20)8-4-15/h1-8H,9-13H2. The Kier molecular flexibility index (Phi) is 5.08. The van der Waals surface area contributed by atoms with Crippen LogP contribution in [-0.4, -0.2) is 41.9 Å². The minimum absolute atomic E-state index is 0.0201. The molecule has 3 nitrogen and oxygen atoms in total. The topological polar surface area (TPSA) is 23.6 Å². The van der Waals surface area contributed by atoms with Crippen LogP contribution in [0.4, 0.5) is 4.39 Å². The van der Waals surface area contributed by atoms with Crippen LogP contribution in [0.25, 0.3) is 0 Å². The number of nitrogens with zero attached hydrogens (tertiary/aromatic N) is 2. The third kappa shape index (κ3) is 4.18. The van der Waals surface area contributed by atoms with E-state index in [2.05, 4.69) is 33.0 Å². The van der Waals surface area contributed by atoms with Gasteiger partial charge in [0.2, 0.25) is 0 Å². The molecule has 0 saturated carbocycles. The summed E-state index contributed by atoms with van der Waals surface area (Å²) in [4.78, 5) is 16.6. The van der Waals surface area contributed by atoms with Crippen LogP contribution < -0.4 is 0 Å². The van der Waals surface area contributed by atoms with Gasteiger partial charge in [-0.2, -0.15) is 0 Å². The highest BCUT2D eigenvalue weighted by Gasteiger charge is 2.22. The monoisotopic (exact) mass is 376 g/mol. The minimum Gasteiger partial charge on any atom is -0.336 e. The molecular formula is C18H18BrFN2O. The van der Waals surface area contributed by atoms with E-state index in [0.29, 0.717) is 18.7 Å². The van der Waals surface area contributed by atoms with Gasteiger partial charge >= 0.3 is 0 Å². The van der Waals surface area contributed by atoms with Gasteiger partial charge in [0.1, 0.15) is 5.82 Å². The molecule has 1 aliphatic heterocycles. The van der Waals surface area contributed by atoms with Gasteiger partial charge < -0.3 is 4.90 Å². The molecule has 0 aromatic heterocycles. The second kappa shape index (κ2) is 7.23. The summed E-state index contributed by atoms with van der Waals surface area (Å²) >= 11 is 3.44. The first kappa shape index (κ1) is 16.1. The van der Waals surface area contributed by atoms with Crippen molar-refractivity contribution in [2.75, 3.05) is 26.2 Å². The second-order valence-electron chi connectivity index (χ2n) is 5.70. The van der Waals surface area contributed by atoms with Crippen LogP contribution in [0, 0.1) is 5.82 Å². The zero-order chi connectivity index (χ0) is 16.2. The Bertz CT molecular complexity index is 664. The number of hydrogen-bond acceptors (Lipinski definition) is 2. The number of benzene rings is 2. The maximum Gasteiger partial charge on any atom is 0.253 e. The number of carbonyl (C=O) groups excluding carboxylic acids is 1. The molecule has 1 amide bonds. The Balaban J connectivity index is 1.54. The number of carbonyl (C=O) groups is 1. The Morgan fingerprint density at radius 1 is 0.957 bits per heavy atom. The lowest BCUT2D eigenvalue weighted by atomic mass is 10.1. The molecule has 120 valence electrons. The minimum atomic E-state index is -0.319. The van der Waals surface area contributed by atoms with E-state index >= 15 is 0 Å². The van der Waals surface area contributed by atoms with E-state index in [-0.39, 0.29) is 11.7 Å². The molecule has 1 fully saturated rings. The van der Waals surface area contributed by atoms with Crippen molar-refractivity contribution in [1.29, 1.82) is 0 Å². The van der Waals surface area contributed by atoms with Crippen LogP contribution in [0.3, 0.4) is 0 Å². The van der Waals surface area contributed by atoms with E-state index in [0.717, 1.165) is 24.1 Å². The first-order valence-electron chi connectivity index (χ1n) is 7.63. The first-order chi connectivity index (χ1) is 11.1. The fraction of sp³-hybridized carbons (Fsp3) is 0.278. The highest BCUT2D eigenvalue weighted by molar-refractivity contribution is 9.10. The smallest absolute Gasteiger partial charge is 0.253 e. The van der Waals surface area contributed by atoms with Gasteiger partial charge in [-0.3, -0.25) is 9.69 Å². The van der Waals surface area contributed by atoms with E-state index in [1.165, 1.54) is 17.7 Å². The third-order valence-corrected chi connectivity index (χ3v) is 4.60. The molecule has 0 spiro atoms. The molecule has 0 N–H and O–H groups in total. The van der Waals surface area contributed by atoms with E-state index < -0.39 is 0 Å². The molecule has 2 aromatic carbocycles. The van der Waals surface area contributed by atoms with Crippen molar-refractivity contribution < 1.29 is 9.18 Å². The maximum atomic E-state index is 12.9. The molecule has 1 aliphatic rings. The van der Waals surface area contributed by atoms with Gasteiger partial charge in [0, 0.05) is 42.8 Å². The van der Waals surface area contributed by atoms with Crippen molar-refractivity contribution >= 4 is 21.8 Å². The van der Waals surface area contributed by atoms with Crippen molar-refractivity contribution in [3.05, 3.63) is 69.9 Å². The van der Waals surface area contributed by atoms with Crippen LogP contribution in [0.15, 0.2) is 53.0 Å². The average Bonchev–Trinajstić information content (AvgIpc) is 2.58. The summed E-state index contributed by atoms with van der Waals surface area (Å²) in [5.41, 5.74) is 1.82. The Morgan fingerprint density at radius 3 is 2.17 bits per heavy atom. The van der Waals surface area contributed by atoms with Crippen molar-refractivity contribution in [1.82, 2.24) is 9.80 Å². The number of amides is 1. The highest BCUT2D eigenvalue weighted by Crippen LogP contribution is 2.14. The van der Waals surface area contributed by atoms with Crippen LogP contribution in [-0.2, 0) is 6.54 Å². The Morgan fingerprint density at radius 2 is 1.57 bits per heavy atom. The largest absolute Gasteiger partial charge is 0.336 e. The molecule has 2 aromatic rings. The third-order valence-electron chi connectivity index (χ3n) is 4.07. The summed E-state index contributed by atoms with van der Waals surface area (Å²) in [6.45, 7) is 4.00. The summed E-state index contributed by atoms with van der Waals surface area (Å²) in [6, 6.07) is 14.1. The summed E-state index contributed by atoms with van der Waals surface area (Å²) in [5, 5.41) is 0.